The molecule has 168 valence electrons. The number of fused-ring (bicyclic) bond motifs is 5. The summed E-state index contributed by atoms with van der Waals surface area (Å²) in [6.07, 6.45) is 6.13. The van der Waals surface area contributed by atoms with Crippen LogP contribution in [0, 0.1) is 6.92 Å². The van der Waals surface area contributed by atoms with Crippen LogP contribution in [-0.4, -0.2) is 39.8 Å². The van der Waals surface area contributed by atoms with Crippen LogP contribution in [0.1, 0.15) is 53.9 Å². The predicted molar refractivity (Wildman–Crippen MR) is 126 cm³/mol. The summed E-state index contributed by atoms with van der Waals surface area (Å²) >= 11 is 0. The number of amides is 1. The molecule has 1 aromatic heterocycles. The molecule has 5 heteroatoms. The highest BCUT2D eigenvalue weighted by atomic mass is 16.6. The monoisotopic (exact) mass is 440 g/mol. The maximum Gasteiger partial charge on any atom is 0.410 e. The third-order valence-corrected chi connectivity index (χ3v) is 7.85. The van der Waals surface area contributed by atoms with Gasteiger partial charge in [0.15, 0.2) is 0 Å². The standard InChI is InChI=1S/C28H28N2O3/c1-18-12-13-29-16-26(18)28(32)14-19-10-11-20(15-28)30(19)27(31)33-17-25-23-8-4-2-6-21(23)22-7-3-5-9-24(22)25/h2-9,12-13,16,19-20,25,32H,10-11,14-15,17H2,1H3. The van der Waals surface area contributed by atoms with Crippen molar-refractivity contribution in [1.29, 1.82) is 0 Å². The smallest absolute Gasteiger partial charge is 0.410 e. The highest BCUT2D eigenvalue weighted by Crippen LogP contribution is 2.47. The summed E-state index contributed by atoms with van der Waals surface area (Å²) in [5.41, 5.74) is 5.87. The number of aryl methyl sites for hydroxylation is 1. The van der Waals surface area contributed by atoms with E-state index in [1.165, 1.54) is 22.3 Å². The molecule has 2 fully saturated rings. The Morgan fingerprint density at radius 3 is 2.24 bits per heavy atom. The van der Waals surface area contributed by atoms with Gasteiger partial charge in [-0.25, -0.2) is 4.79 Å². The molecule has 2 bridgehead atoms. The second kappa shape index (κ2) is 7.70. The number of aromatic nitrogens is 1. The zero-order chi connectivity index (χ0) is 22.6. The van der Waals surface area contributed by atoms with Crippen LogP contribution >= 0.6 is 0 Å². The van der Waals surface area contributed by atoms with Gasteiger partial charge in [0.1, 0.15) is 6.61 Å². The van der Waals surface area contributed by atoms with Gasteiger partial charge in [-0.2, -0.15) is 0 Å². The van der Waals surface area contributed by atoms with Crippen LogP contribution in [0.5, 0.6) is 0 Å². The molecule has 5 nitrogen and oxygen atoms in total. The lowest BCUT2D eigenvalue weighted by atomic mass is 9.79. The maximum atomic E-state index is 13.3. The number of hydrogen-bond acceptors (Lipinski definition) is 4. The van der Waals surface area contributed by atoms with Crippen molar-refractivity contribution >= 4 is 6.09 Å². The molecule has 2 saturated heterocycles. The minimum Gasteiger partial charge on any atom is -0.448 e. The second-order valence-electron chi connectivity index (χ2n) is 9.73. The lowest BCUT2D eigenvalue weighted by molar-refractivity contribution is -0.0536. The molecule has 3 heterocycles. The van der Waals surface area contributed by atoms with Crippen molar-refractivity contribution in [1.82, 2.24) is 9.88 Å². The summed E-state index contributed by atoms with van der Waals surface area (Å²) in [7, 11) is 0. The quantitative estimate of drug-likeness (QED) is 0.612. The van der Waals surface area contributed by atoms with Gasteiger partial charge >= 0.3 is 6.09 Å². The number of ether oxygens (including phenoxy) is 1. The molecule has 3 aliphatic rings. The van der Waals surface area contributed by atoms with Gasteiger partial charge in [-0.1, -0.05) is 48.5 Å². The zero-order valence-electron chi connectivity index (χ0n) is 18.8. The first-order chi connectivity index (χ1) is 16.0. The highest BCUT2D eigenvalue weighted by Gasteiger charge is 2.51. The number of hydrogen-bond donors (Lipinski definition) is 1. The van der Waals surface area contributed by atoms with Crippen LogP contribution < -0.4 is 0 Å². The normalized spacial score (nSPS) is 25.6. The van der Waals surface area contributed by atoms with Gasteiger partial charge in [-0.3, -0.25) is 4.98 Å². The van der Waals surface area contributed by atoms with E-state index < -0.39 is 5.60 Å². The third kappa shape index (κ3) is 3.25. The van der Waals surface area contributed by atoms with E-state index >= 15 is 0 Å². The summed E-state index contributed by atoms with van der Waals surface area (Å²) in [4.78, 5) is 19.4. The average Bonchev–Trinajstić information content (AvgIpc) is 3.30. The predicted octanol–water partition coefficient (Wildman–Crippen LogP) is 5.15. The van der Waals surface area contributed by atoms with Crippen LogP contribution in [0.2, 0.25) is 0 Å². The number of nitrogens with zero attached hydrogens (tertiary/aromatic N) is 2. The molecule has 3 aromatic rings. The summed E-state index contributed by atoms with van der Waals surface area (Å²) in [6, 6.07) is 18.7. The first-order valence-electron chi connectivity index (χ1n) is 11.8. The lowest BCUT2D eigenvalue weighted by Crippen LogP contribution is -2.52. The number of benzene rings is 2. The third-order valence-electron chi connectivity index (χ3n) is 7.85. The van der Waals surface area contributed by atoms with Gasteiger partial charge in [-0.05, 0) is 53.6 Å². The van der Waals surface area contributed by atoms with Crippen LogP contribution in [0.15, 0.2) is 67.0 Å². The Labute approximate surface area is 194 Å². The molecule has 0 radical (unpaired) electrons. The van der Waals surface area contributed by atoms with E-state index in [0.717, 1.165) is 24.0 Å². The van der Waals surface area contributed by atoms with E-state index in [0.29, 0.717) is 19.4 Å². The van der Waals surface area contributed by atoms with E-state index in [2.05, 4.69) is 41.4 Å². The van der Waals surface area contributed by atoms with Crippen LogP contribution in [-0.2, 0) is 10.3 Å². The topological polar surface area (TPSA) is 62.7 Å². The molecular formula is C28H28N2O3. The molecule has 0 saturated carbocycles. The lowest BCUT2D eigenvalue weighted by Gasteiger charge is -2.43. The zero-order valence-corrected chi connectivity index (χ0v) is 18.8. The van der Waals surface area contributed by atoms with E-state index in [1.807, 2.05) is 30.0 Å². The number of carbonyl (C=O) groups is 1. The highest BCUT2D eigenvalue weighted by molar-refractivity contribution is 5.79. The van der Waals surface area contributed by atoms with E-state index in [-0.39, 0.29) is 24.1 Å². The first-order valence-corrected chi connectivity index (χ1v) is 11.8. The van der Waals surface area contributed by atoms with Crippen LogP contribution in [0.25, 0.3) is 11.1 Å². The van der Waals surface area contributed by atoms with Gasteiger partial charge < -0.3 is 14.7 Å². The molecule has 1 N–H and O–H groups in total. The van der Waals surface area contributed by atoms with Crippen molar-refractivity contribution in [3.8, 4) is 11.1 Å². The number of carbonyl (C=O) groups excluding carboxylic acids is 1. The van der Waals surface area contributed by atoms with Crippen molar-refractivity contribution < 1.29 is 14.6 Å². The number of piperidine rings is 1. The number of pyridine rings is 1. The molecule has 6 rings (SSSR count). The fraction of sp³-hybridized carbons (Fsp3) is 0.357. The van der Waals surface area contributed by atoms with Crippen molar-refractivity contribution in [2.75, 3.05) is 6.61 Å². The van der Waals surface area contributed by atoms with Gasteiger partial charge in [0, 0.05) is 48.8 Å². The average molecular weight is 441 g/mol. The van der Waals surface area contributed by atoms with Crippen LogP contribution in [0.3, 0.4) is 0 Å². The second-order valence-corrected chi connectivity index (χ2v) is 9.73. The molecule has 1 aliphatic carbocycles. The van der Waals surface area contributed by atoms with Crippen molar-refractivity contribution in [2.45, 2.75) is 56.2 Å². The summed E-state index contributed by atoms with van der Waals surface area (Å²) in [5.74, 6) is 0.0544. The molecule has 1 amide bonds. The van der Waals surface area contributed by atoms with E-state index in [1.54, 1.807) is 12.4 Å². The van der Waals surface area contributed by atoms with Gasteiger partial charge in [0.25, 0.3) is 0 Å². The minimum atomic E-state index is -0.940. The fourth-order valence-electron chi connectivity index (χ4n) is 6.36. The molecule has 0 spiro atoms. The number of rotatable bonds is 3. The Kier molecular flexibility index (Phi) is 4.77. The molecule has 2 aromatic carbocycles. The molecule has 33 heavy (non-hydrogen) atoms. The Morgan fingerprint density at radius 2 is 1.64 bits per heavy atom. The summed E-state index contributed by atoms with van der Waals surface area (Å²) in [6.45, 7) is 2.34. The van der Waals surface area contributed by atoms with E-state index in [9.17, 15) is 9.90 Å². The Hall–Kier alpha value is -3.18. The van der Waals surface area contributed by atoms with Crippen molar-refractivity contribution in [3.05, 3.63) is 89.2 Å². The molecule has 2 aliphatic heterocycles. The minimum absolute atomic E-state index is 0.0102. The molecular weight excluding hydrogens is 412 g/mol. The Balaban J connectivity index is 1.19. The largest absolute Gasteiger partial charge is 0.448 e. The van der Waals surface area contributed by atoms with E-state index in [4.69, 9.17) is 4.74 Å². The van der Waals surface area contributed by atoms with Crippen LogP contribution in [0.4, 0.5) is 4.79 Å². The fourth-order valence-corrected chi connectivity index (χ4v) is 6.36. The SMILES string of the molecule is Cc1ccncc1C1(O)CC2CCC(C1)N2C(=O)OCC1c2ccccc2-c2ccccc21. The first kappa shape index (κ1) is 20.4. The molecule has 2 atom stereocenters. The van der Waals surface area contributed by atoms with Gasteiger partial charge in [0.05, 0.1) is 5.60 Å². The van der Waals surface area contributed by atoms with Crippen molar-refractivity contribution in [2.24, 2.45) is 0 Å². The number of aliphatic hydroxyl groups is 1. The summed E-state index contributed by atoms with van der Waals surface area (Å²) in [5, 5.41) is 11.5. The molecule has 2 unspecified atom stereocenters. The van der Waals surface area contributed by atoms with Gasteiger partial charge in [0.2, 0.25) is 0 Å². The van der Waals surface area contributed by atoms with Crippen molar-refractivity contribution in [3.63, 3.8) is 0 Å². The van der Waals surface area contributed by atoms with Gasteiger partial charge in [-0.15, -0.1) is 0 Å². The Morgan fingerprint density at radius 1 is 1.03 bits per heavy atom. The Bertz CT molecular complexity index is 1160. The summed E-state index contributed by atoms with van der Waals surface area (Å²) < 4.78 is 5.95. The maximum absolute atomic E-state index is 13.3.